The molecule has 0 saturated carbocycles. The van der Waals surface area contributed by atoms with E-state index in [9.17, 15) is 20.3 Å². The molecular formula is C43H49ClN4O6. The van der Waals surface area contributed by atoms with Crippen molar-refractivity contribution in [2.75, 3.05) is 26.2 Å². The number of aromatic nitrogens is 1. The van der Waals surface area contributed by atoms with Gasteiger partial charge in [-0.3, -0.25) is 14.7 Å². The van der Waals surface area contributed by atoms with Gasteiger partial charge < -0.3 is 29.3 Å². The number of nitriles is 1. The van der Waals surface area contributed by atoms with E-state index in [4.69, 9.17) is 25.8 Å². The summed E-state index contributed by atoms with van der Waals surface area (Å²) in [6.45, 7) is 10.3. The lowest BCUT2D eigenvalue weighted by molar-refractivity contribution is -0.144. The first-order valence-corrected chi connectivity index (χ1v) is 19.1. The first kappa shape index (κ1) is 39.0. The second-order valence-electron chi connectivity index (χ2n) is 14.5. The number of ether oxygens (including phenoxy) is 3. The first-order chi connectivity index (χ1) is 26.1. The maximum absolute atomic E-state index is 12.1. The van der Waals surface area contributed by atoms with E-state index in [-0.39, 0.29) is 25.4 Å². The first-order valence-electron chi connectivity index (χ1n) is 18.7. The van der Waals surface area contributed by atoms with Crippen LogP contribution < -0.4 is 14.2 Å². The molecule has 2 aliphatic heterocycles. The van der Waals surface area contributed by atoms with Crippen molar-refractivity contribution in [3.63, 3.8) is 0 Å². The van der Waals surface area contributed by atoms with Crippen LogP contribution in [0.4, 0.5) is 0 Å². The fourth-order valence-electron chi connectivity index (χ4n) is 7.39. The average Bonchev–Trinajstić information content (AvgIpc) is 3.59. The van der Waals surface area contributed by atoms with Gasteiger partial charge in [0.15, 0.2) is 0 Å². The normalized spacial score (nSPS) is 18.2. The molecule has 10 nitrogen and oxygen atoms in total. The Morgan fingerprint density at radius 2 is 1.74 bits per heavy atom. The van der Waals surface area contributed by atoms with Gasteiger partial charge in [0, 0.05) is 55.8 Å². The topological polar surface area (TPSA) is 128 Å². The number of benzene rings is 3. The van der Waals surface area contributed by atoms with E-state index in [0.29, 0.717) is 41.6 Å². The van der Waals surface area contributed by atoms with E-state index in [1.165, 1.54) is 6.20 Å². The molecule has 0 radical (unpaired) electrons. The smallest absolute Gasteiger partial charge is 0.320 e. The second kappa shape index (κ2) is 18.1. The van der Waals surface area contributed by atoms with E-state index in [2.05, 4.69) is 48.9 Å². The molecule has 0 bridgehead atoms. The number of likely N-dealkylation sites (tertiary alicyclic amines) is 2. The Bertz CT molecular complexity index is 1980. The van der Waals surface area contributed by atoms with E-state index >= 15 is 0 Å². The molecule has 2 N–H and O–H groups in total. The third-order valence-corrected chi connectivity index (χ3v) is 10.8. The van der Waals surface area contributed by atoms with Crippen LogP contribution in [0.5, 0.6) is 17.2 Å². The number of pyridine rings is 1. The van der Waals surface area contributed by atoms with Gasteiger partial charge >= 0.3 is 5.97 Å². The SMILES string of the molecule is Cc1c(COc2cc(OCc3cncc(C#N)c3)c(CN3CCCCC3C(=O)O)cc2Cl)cccc1-c1cccc(O[C@H](C)CCN2CC[C@@H](O)C2)c1C. The van der Waals surface area contributed by atoms with E-state index in [1.54, 1.807) is 24.4 Å². The Balaban J connectivity index is 1.19. The van der Waals surface area contributed by atoms with Crippen LogP contribution in [0.1, 0.15) is 72.4 Å². The van der Waals surface area contributed by atoms with Gasteiger partial charge in [-0.2, -0.15) is 5.26 Å². The van der Waals surface area contributed by atoms with Crippen molar-refractivity contribution in [1.82, 2.24) is 14.8 Å². The summed E-state index contributed by atoms with van der Waals surface area (Å²) in [6, 6.07) is 19.2. The number of hydrogen-bond acceptors (Lipinski definition) is 9. The van der Waals surface area contributed by atoms with Gasteiger partial charge in [-0.1, -0.05) is 48.4 Å². The highest BCUT2D eigenvalue weighted by Crippen LogP contribution is 2.37. The molecule has 54 heavy (non-hydrogen) atoms. The predicted molar refractivity (Wildman–Crippen MR) is 208 cm³/mol. The minimum Gasteiger partial charge on any atom is -0.490 e. The minimum absolute atomic E-state index is 0.0281. The van der Waals surface area contributed by atoms with Gasteiger partial charge in [-0.25, -0.2) is 0 Å². The van der Waals surface area contributed by atoms with Crippen molar-refractivity contribution in [3.05, 3.63) is 105 Å². The molecule has 11 heteroatoms. The van der Waals surface area contributed by atoms with Crippen LogP contribution in [0, 0.1) is 25.2 Å². The molecule has 284 valence electrons. The lowest BCUT2D eigenvalue weighted by atomic mass is 9.93. The summed E-state index contributed by atoms with van der Waals surface area (Å²) in [4.78, 5) is 20.5. The number of β-amino-alcohol motifs (C(OH)–C–C–N with tert-alkyl or cyclic N) is 1. The zero-order valence-corrected chi connectivity index (χ0v) is 32.0. The summed E-state index contributed by atoms with van der Waals surface area (Å²) < 4.78 is 19.1. The summed E-state index contributed by atoms with van der Waals surface area (Å²) in [5.74, 6) is 0.994. The predicted octanol–water partition coefficient (Wildman–Crippen LogP) is 7.71. The molecule has 3 heterocycles. The fourth-order valence-corrected chi connectivity index (χ4v) is 7.63. The maximum Gasteiger partial charge on any atom is 0.320 e. The highest BCUT2D eigenvalue weighted by Gasteiger charge is 2.29. The summed E-state index contributed by atoms with van der Waals surface area (Å²) in [5.41, 5.74) is 7.25. The quantitative estimate of drug-likeness (QED) is 0.125. The zero-order valence-electron chi connectivity index (χ0n) is 31.3. The lowest BCUT2D eigenvalue weighted by Gasteiger charge is -2.33. The van der Waals surface area contributed by atoms with Crippen molar-refractivity contribution >= 4 is 17.6 Å². The molecular weight excluding hydrogens is 704 g/mol. The number of rotatable bonds is 15. The number of halogens is 1. The maximum atomic E-state index is 12.1. The summed E-state index contributed by atoms with van der Waals surface area (Å²) >= 11 is 6.86. The van der Waals surface area contributed by atoms with Gasteiger partial charge in [0.25, 0.3) is 0 Å². The Labute approximate surface area is 322 Å². The Morgan fingerprint density at radius 3 is 2.50 bits per heavy atom. The van der Waals surface area contributed by atoms with Crippen LogP contribution >= 0.6 is 11.6 Å². The molecule has 2 fully saturated rings. The summed E-state index contributed by atoms with van der Waals surface area (Å²) in [7, 11) is 0. The highest BCUT2D eigenvalue weighted by atomic mass is 35.5. The van der Waals surface area contributed by atoms with Crippen molar-refractivity contribution in [2.24, 2.45) is 0 Å². The van der Waals surface area contributed by atoms with Crippen LogP contribution in [0.3, 0.4) is 0 Å². The molecule has 4 aromatic rings. The molecule has 0 aliphatic carbocycles. The zero-order chi connectivity index (χ0) is 38.2. The van der Waals surface area contributed by atoms with Crippen LogP contribution in [-0.2, 0) is 24.6 Å². The van der Waals surface area contributed by atoms with Gasteiger partial charge in [-0.15, -0.1) is 0 Å². The van der Waals surface area contributed by atoms with Gasteiger partial charge in [-0.05, 0) is 99.0 Å². The van der Waals surface area contributed by atoms with Crippen LogP contribution in [-0.4, -0.2) is 75.4 Å². The Hall–Kier alpha value is -4.66. The van der Waals surface area contributed by atoms with Crippen molar-refractivity contribution in [2.45, 2.75) is 90.9 Å². The molecule has 2 aliphatic rings. The van der Waals surface area contributed by atoms with Crippen molar-refractivity contribution < 1.29 is 29.2 Å². The number of hydrogen-bond donors (Lipinski definition) is 2. The third-order valence-electron chi connectivity index (χ3n) is 10.5. The highest BCUT2D eigenvalue weighted by molar-refractivity contribution is 6.32. The second-order valence-corrected chi connectivity index (χ2v) is 14.9. The number of carbonyl (C=O) groups is 1. The standard InChI is InChI=1S/C43H49ClN4O6/c1-28(13-16-47-17-14-35(49)25-47)54-40-12-7-10-37(30(40)3)36-9-6-8-33(29(36)2)27-53-42-20-41(52-26-32-18-31(21-45)22-46-23-32)34(19-38(42)44)24-48-15-5-4-11-39(48)43(50)51/h6-10,12,18-20,22-23,28,35,39,49H,4-5,11,13-17,24-27H2,1-3H3,(H,50,51)/t28-,35-,39?/m1/s1. The van der Waals surface area contributed by atoms with Crippen LogP contribution in [0.2, 0.25) is 5.02 Å². The average molecular weight is 753 g/mol. The monoisotopic (exact) mass is 752 g/mol. The molecule has 2 saturated heterocycles. The van der Waals surface area contributed by atoms with Crippen molar-refractivity contribution in [3.8, 4) is 34.4 Å². The lowest BCUT2D eigenvalue weighted by Crippen LogP contribution is -2.44. The Kier molecular flexibility index (Phi) is 13.1. The molecule has 1 aromatic heterocycles. The van der Waals surface area contributed by atoms with Gasteiger partial charge in [0.2, 0.25) is 0 Å². The number of carboxylic acids is 1. The molecule has 3 aromatic carbocycles. The van der Waals surface area contributed by atoms with E-state index in [1.807, 2.05) is 29.2 Å². The number of aliphatic carboxylic acids is 1. The minimum atomic E-state index is -0.834. The van der Waals surface area contributed by atoms with Crippen LogP contribution in [0.15, 0.2) is 67.0 Å². The Morgan fingerprint density at radius 1 is 0.963 bits per heavy atom. The number of aliphatic hydroxyl groups is 1. The van der Waals surface area contributed by atoms with E-state index in [0.717, 1.165) is 90.0 Å². The number of carboxylic acid groups (broad SMARTS) is 1. The van der Waals surface area contributed by atoms with Gasteiger partial charge in [0.05, 0.1) is 22.8 Å². The number of piperidine rings is 1. The summed E-state index contributed by atoms with van der Waals surface area (Å²) in [5, 5.41) is 29.5. The molecule has 0 amide bonds. The summed E-state index contributed by atoms with van der Waals surface area (Å²) in [6.07, 6.45) is 7.06. The third kappa shape index (κ3) is 9.71. The van der Waals surface area contributed by atoms with E-state index < -0.39 is 12.0 Å². The fraction of sp³-hybridized carbons (Fsp3) is 0.419. The van der Waals surface area contributed by atoms with Gasteiger partial charge in [0.1, 0.15) is 42.6 Å². The molecule has 6 rings (SSSR count). The number of aliphatic hydroxyl groups excluding tert-OH is 1. The van der Waals surface area contributed by atoms with Crippen molar-refractivity contribution in [1.29, 1.82) is 5.26 Å². The largest absolute Gasteiger partial charge is 0.490 e. The van der Waals surface area contributed by atoms with Crippen LogP contribution in [0.25, 0.3) is 11.1 Å². The molecule has 3 atom stereocenters. The molecule has 1 unspecified atom stereocenters. The molecule has 0 spiro atoms. The number of nitrogens with zero attached hydrogens (tertiary/aromatic N) is 4.